The number of aryl methyl sites for hydroxylation is 3. The fourth-order valence-electron chi connectivity index (χ4n) is 1.77. The first kappa shape index (κ1) is 12.8. The molecule has 5 heteroatoms. The Kier molecular flexibility index (Phi) is 4.52. The van der Waals surface area contributed by atoms with Crippen molar-refractivity contribution in [3.05, 3.63) is 36.1 Å². The summed E-state index contributed by atoms with van der Waals surface area (Å²) in [6.45, 7) is 6.62. The summed E-state index contributed by atoms with van der Waals surface area (Å²) in [7, 11) is 0. The fraction of sp³-hybridized carbons (Fsp3) is 0.538. The summed E-state index contributed by atoms with van der Waals surface area (Å²) < 4.78 is 7.59. The van der Waals surface area contributed by atoms with Crippen molar-refractivity contribution in [1.29, 1.82) is 0 Å². The molecule has 0 aliphatic carbocycles. The summed E-state index contributed by atoms with van der Waals surface area (Å²) in [5.74, 6) is 1.69. The third-order valence-corrected chi connectivity index (χ3v) is 2.93. The molecule has 98 valence electrons. The number of oxazole rings is 1. The molecular formula is C13H20N4O. The number of rotatable bonds is 7. The number of unbranched alkanes of at least 4 members (excludes halogenated alkanes) is 1. The minimum atomic E-state index is 0.708. The molecule has 0 spiro atoms. The molecule has 2 aromatic rings. The van der Waals surface area contributed by atoms with Gasteiger partial charge in [0.15, 0.2) is 0 Å². The Morgan fingerprint density at radius 2 is 2.22 bits per heavy atom. The zero-order valence-electron chi connectivity index (χ0n) is 11.0. The Labute approximate surface area is 107 Å². The lowest BCUT2D eigenvalue weighted by molar-refractivity contribution is 0.444. The third-order valence-electron chi connectivity index (χ3n) is 2.93. The van der Waals surface area contributed by atoms with E-state index in [0.717, 1.165) is 43.3 Å². The summed E-state index contributed by atoms with van der Waals surface area (Å²) in [6, 6.07) is 0. The molecule has 0 aromatic carbocycles. The van der Waals surface area contributed by atoms with Crippen molar-refractivity contribution in [2.24, 2.45) is 0 Å². The highest BCUT2D eigenvalue weighted by atomic mass is 16.4. The van der Waals surface area contributed by atoms with Gasteiger partial charge in [-0.2, -0.15) is 0 Å². The molecule has 0 amide bonds. The maximum Gasteiger partial charge on any atom is 0.208 e. The predicted octanol–water partition coefficient (Wildman–Crippen LogP) is 2.06. The van der Waals surface area contributed by atoms with Crippen LogP contribution in [0.15, 0.2) is 23.1 Å². The number of hydrogen-bond acceptors (Lipinski definition) is 4. The van der Waals surface area contributed by atoms with Crippen LogP contribution in [-0.4, -0.2) is 21.1 Å². The summed E-state index contributed by atoms with van der Waals surface area (Å²) in [5, 5.41) is 3.34. The van der Waals surface area contributed by atoms with Crippen molar-refractivity contribution < 1.29 is 4.42 Å². The minimum absolute atomic E-state index is 0.708. The molecule has 0 unspecified atom stereocenters. The molecule has 18 heavy (non-hydrogen) atoms. The monoisotopic (exact) mass is 248 g/mol. The van der Waals surface area contributed by atoms with Crippen LogP contribution in [0, 0.1) is 13.8 Å². The van der Waals surface area contributed by atoms with Gasteiger partial charge in [-0.1, -0.05) is 0 Å². The summed E-state index contributed by atoms with van der Waals surface area (Å²) in [5.41, 5.74) is 0.979. The molecule has 0 fully saturated rings. The molecule has 2 rings (SSSR count). The van der Waals surface area contributed by atoms with Crippen molar-refractivity contribution in [2.75, 3.05) is 6.54 Å². The van der Waals surface area contributed by atoms with E-state index in [1.165, 1.54) is 0 Å². The molecule has 0 bridgehead atoms. The Hall–Kier alpha value is -1.62. The van der Waals surface area contributed by atoms with Gasteiger partial charge in [0.1, 0.15) is 5.76 Å². The number of imidazole rings is 1. The zero-order valence-corrected chi connectivity index (χ0v) is 11.0. The summed E-state index contributed by atoms with van der Waals surface area (Å²) in [6.07, 6.45) is 7.94. The lowest BCUT2D eigenvalue weighted by Gasteiger charge is -2.03. The van der Waals surface area contributed by atoms with E-state index < -0.39 is 0 Å². The molecule has 2 heterocycles. The van der Waals surface area contributed by atoms with Crippen LogP contribution < -0.4 is 5.32 Å². The minimum Gasteiger partial charge on any atom is -0.444 e. The highest BCUT2D eigenvalue weighted by Gasteiger charge is 2.03. The smallest absolute Gasteiger partial charge is 0.208 e. The van der Waals surface area contributed by atoms with Crippen molar-refractivity contribution in [1.82, 2.24) is 19.9 Å². The topological polar surface area (TPSA) is 55.9 Å². The second-order valence-corrected chi connectivity index (χ2v) is 4.43. The average molecular weight is 248 g/mol. The van der Waals surface area contributed by atoms with E-state index in [0.29, 0.717) is 6.54 Å². The van der Waals surface area contributed by atoms with E-state index in [2.05, 4.69) is 19.9 Å². The molecule has 5 nitrogen and oxygen atoms in total. The van der Waals surface area contributed by atoms with Gasteiger partial charge in [-0.25, -0.2) is 9.97 Å². The average Bonchev–Trinajstić information content (AvgIpc) is 2.95. The van der Waals surface area contributed by atoms with Gasteiger partial charge < -0.3 is 14.3 Å². The van der Waals surface area contributed by atoms with E-state index in [9.17, 15) is 0 Å². The van der Waals surface area contributed by atoms with Crippen LogP contribution in [0.2, 0.25) is 0 Å². The van der Waals surface area contributed by atoms with E-state index >= 15 is 0 Å². The Morgan fingerprint density at radius 1 is 1.33 bits per heavy atom. The van der Waals surface area contributed by atoms with Gasteiger partial charge >= 0.3 is 0 Å². The summed E-state index contributed by atoms with van der Waals surface area (Å²) in [4.78, 5) is 8.34. The van der Waals surface area contributed by atoms with Crippen LogP contribution in [0.4, 0.5) is 0 Å². The molecule has 0 atom stereocenters. The van der Waals surface area contributed by atoms with E-state index in [4.69, 9.17) is 4.42 Å². The van der Waals surface area contributed by atoms with Gasteiger partial charge in [0.25, 0.3) is 0 Å². The SMILES string of the molecule is Cc1nc(CNCCCCn2ccnc2)oc1C. The number of nitrogens with one attached hydrogen (secondary N) is 1. The Bertz CT molecular complexity index is 442. The standard InChI is InChI=1S/C13H20N4O/c1-11-12(2)18-13(16-11)9-14-5-3-4-7-17-8-6-15-10-17/h6,8,10,14H,3-5,7,9H2,1-2H3. The van der Waals surface area contributed by atoms with Gasteiger partial charge in [-0.05, 0) is 33.2 Å². The molecule has 0 radical (unpaired) electrons. The van der Waals surface area contributed by atoms with Crippen molar-refractivity contribution in [3.63, 3.8) is 0 Å². The van der Waals surface area contributed by atoms with Gasteiger partial charge in [0.05, 0.1) is 18.6 Å². The van der Waals surface area contributed by atoms with Crippen LogP contribution in [0.3, 0.4) is 0 Å². The van der Waals surface area contributed by atoms with Crippen LogP contribution in [-0.2, 0) is 13.1 Å². The van der Waals surface area contributed by atoms with Gasteiger partial charge in [0.2, 0.25) is 5.89 Å². The third kappa shape index (κ3) is 3.70. The van der Waals surface area contributed by atoms with E-state index in [-0.39, 0.29) is 0 Å². The molecule has 0 aliphatic heterocycles. The van der Waals surface area contributed by atoms with Crippen LogP contribution in [0.1, 0.15) is 30.2 Å². The van der Waals surface area contributed by atoms with E-state index in [1.807, 2.05) is 32.6 Å². The second-order valence-electron chi connectivity index (χ2n) is 4.43. The molecule has 1 N–H and O–H groups in total. The van der Waals surface area contributed by atoms with Crippen LogP contribution in [0.5, 0.6) is 0 Å². The number of hydrogen-bond donors (Lipinski definition) is 1. The lowest BCUT2D eigenvalue weighted by atomic mass is 10.3. The maximum atomic E-state index is 5.49. The zero-order chi connectivity index (χ0) is 12.8. The van der Waals surface area contributed by atoms with Gasteiger partial charge in [-0.15, -0.1) is 0 Å². The normalized spacial score (nSPS) is 11.0. The largest absolute Gasteiger partial charge is 0.444 e. The van der Waals surface area contributed by atoms with Crippen LogP contribution >= 0.6 is 0 Å². The van der Waals surface area contributed by atoms with Crippen molar-refractivity contribution in [2.45, 2.75) is 39.8 Å². The van der Waals surface area contributed by atoms with Crippen LogP contribution in [0.25, 0.3) is 0 Å². The maximum absolute atomic E-state index is 5.49. The molecule has 0 saturated heterocycles. The molecule has 2 aromatic heterocycles. The highest BCUT2D eigenvalue weighted by molar-refractivity contribution is 5.04. The fourth-order valence-corrected chi connectivity index (χ4v) is 1.77. The molecule has 0 aliphatic rings. The first-order valence-electron chi connectivity index (χ1n) is 6.35. The first-order chi connectivity index (χ1) is 8.75. The first-order valence-corrected chi connectivity index (χ1v) is 6.35. The molecular weight excluding hydrogens is 228 g/mol. The van der Waals surface area contributed by atoms with Crippen molar-refractivity contribution >= 4 is 0 Å². The number of nitrogens with zero attached hydrogens (tertiary/aromatic N) is 3. The van der Waals surface area contributed by atoms with Gasteiger partial charge in [-0.3, -0.25) is 0 Å². The molecule has 0 saturated carbocycles. The quantitative estimate of drug-likeness (QED) is 0.762. The predicted molar refractivity (Wildman–Crippen MR) is 69.1 cm³/mol. The Morgan fingerprint density at radius 3 is 2.89 bits per heavy atom. The second kappa shape index (κ2) is 6.35. The lowest BCUT2D eigenvalue weighted by Crippen LogP contribution is -2.15. The number of aromatic nitrogens is 3. The summed E-state index contributed by atoms with van der Waals surface area (Å²) >= 11 is 0. The van der Waals surface area contributed by atoms with Gasteiger partial charge in [0, 0.05) is 18.9 Å². The highest BCUT2D eigenvalue weighted by Crippen LogP contribution is 2.07. The van der Waals surface area contributed by atoms with Crippen molar-refractivity contribution in [3.8, 4) is 0 Å². The Balaban J connectivity index is 1.56. The van der Waals surface area contributed by atoms with E-state index in [1.54, 1.807) is 0 Å².